The molecule has 5 atom stereocenters. The van der Waals surface area contributed by atoms with Crippen LogP contribution in [0.4, 0.5) is 9.59 Å². The maximum atomic E-state index is 12.8. The van der Waals surface area contributed by atoms with Gasteiger partial charge in [0, 0.05) is 134 Å². The summed E-state index contributed by atoms with van der Waals surface area (Å²) in [5, 5.41) is 25.6. The van der Waals surface area contributed by atoms with Gasteiger partial charge in [0.25, 0.3) is 0 Å². The van der Waals surface area contributed by atoms with Gasteiger partial charge in [-0.05, 0) is 233 Å². The van der Waals surface area contributed by atoms with Crippen molar-refractivity contribution in [3.8, 4) is 0 Å². The Morgan fingerprint density at radius 3 is 1.06 bits per heavy atom. The van der Waals surface area contributed by atoms with Gasteiger partial charge in [-0.25, -0.2) is 19.2 Å². The summed E-state index contributed by atoms with van der Waals surface area (Å²) in [5.74, 6) is -2.13. The Balaban J connectivity index is 0.000000166. The van der Waals surface area contributed by atoms with Crippen LogP contribution < -0.4 is 5.32 Å². The molecule has 93 heavy (non-hydrogen) atoms. The van der Waals surface area contributed by atoms with Crippen LogP contribution in [0.1, 0.15) is 127 Å². The highest BCUT2D eigenvalue weighted by Crippen LogP contribution is 2.46. The molecule has 3 N–H and O–H groups in total. The zero-order valence-electron chi connectivity index (χ0n) is 52.0. The van der Waals surface area contributed by atoms with Crippen molar-refractivity contribution in [1.82, 2.24) is 44.8 Å². The van der Waals surface area contributed by atoms with E-state index in [-0.39, 0.29) is 52.7 Å². The summed E-state index contributed by atoms with van der Waals surface area (Å²) < 4.78 is 16.6. The fourth-order valence-corrected chi connectivity index (χ4v) is 17.5. The van der Waals surface area contributed by atoms with Crippen molar-refractivity contribution in [3.05, 3.63) is 182 Å². The number of pyridine rings is 3. The number of rotatable bonds is 5. The van der Waals surface area contributed by atoms with E-state index in [4.69, 9.17) is 59.2 Å². The smallest absolute Gasteiger partial charge is 0.411 e. The van der Waals surface area contributed by atoms with E-state index in [1.807, 2.05) is 36.5 Å². The van der Waals surface area contributed by atoms with Crippen LogP contribution in [-0.2, 0) is 57.6 Å². The number of piperazine rings is 3. The molecule has 3 aromatic heterocycles. The van der Waals surface area contributed by atoms with E-state index in [9.17, 15) is 29.4 Å². The summed E-state index contributed by atoms with van der Waals surface area (Å²) in [6.45, 7) is 16.4. The van der Waals surface area contributed by atoms with Crippen LogP contribution in [0.15, 0.2) is 100 Å². The van der Waals surface area contributed by atoms with Crippen LogP contribution in [0, 0.1) is 0 Å². The van der Waals surface area contributed by atoms with E-state index in [0.717, 1.165) is 141 Å². The lowest BCUT2D eigenvalue weighted by atomic mass is 9.95. The van der Waals surface area contributed by atoms with Gasteiger partial charge in [0.15, 0.2) is 0 Å². The van der Waals surface area contributed by atoms with Gasteiger partial charge >= 0.3 is 24.1 Å². The summed E-state index contributed by atoms with van der Waals surface area (Å²) in [7, 11) is 0. The molecule has 3 aromatic carbocycles. The van der Waals surface area contributed by atoms with E-state index in [0.29, 0.717) is 23.1 Å². The fourth-order valence-electron chi connectivity index (χ4n) is 13.1. The van der Waals surface area contributed by atoms with Gasteiger partial charge in [-0.15, -0.1) is 0 Å². The number of hydrogen-bond donors (Lipinski definition) is 3. The minimum Gasteiger partial charge on any atom is -0.480 e. The first kappa shape index (κ1) is 73.5. The molecule has 17 nitrogen and oxygen atoms in total. The second-order valence-corrected chi connectivity index (χ2v) is 32.1. The van der Waals surface area contributed by atoms with E-state index in [1.165, 1.54) is 32.2 Å². The topological polar surface area (TPSA) is 194 Å². The van der Waals surface area contributed by atoms with Crippen molar-refractivity contribution in [2.24, 2.45) is 0 Å². The first-order valence-electron chi connectivity index (χ1n) is 30.3. The molecular weight excluding hydrogens is 1640 g/mol. The lowest BCUT2D eigenvalue weighted by Crippen LogP contribution is -2.59. The number of aromatic nitrogens is 3. The molecule has 493 valence electrons. The summed E-state index contributed by atoms with van der Waals surface area (Å²) in [4.78, 5) is 73.8. The average molecular weight is 1710 g/mol. The predicted octanol–water partition coefficient (Wildman–Crippen LogP) is 14.9. The Morgan fingerprint density at radius 2 is 0.763 bits per heavy atom. The highest BCUT2D eigenvalue weighted by atomic mass is 79.9. The van der Waals surface area contributed by atoms with Crippen LogP contribution in [0.3, 0.4) is 0 Å². The van der Waals surface area contributed by atoms with Crippen LogP contribution in [-0.4, -0.2) is 171 Å². The van der Waals surface area contributed by atoms with Gasteiger partial charge in [-0.3, -0.25) is 39.5 Å². The molecule has 6 aromatic rings. The lowest BCUT2D eigenvalue weighted by Gasteiger charge is -2.43. The van der Waals surface area contributed by atoms with Crippen LogP contribution in [0.5, 0.6) is 0 Å². The molecule has 0 bridgehead atoms. The number of carboxylic acids is 2. The molecule has 3 fully saturated rings. The molecule has 2 unspecified atom stereocenters. The minimum atomic E-state index is -1.07. The molecule has 0 saturated carbocycles. The highest BCUT2D eigenvalue weighted by Gasteiger charge is 2.45. The number of hydrogen-bond acceptors (Lipinski definition) is 13. The Labute approximate surface area is 610 Å². The van der Waals surface area contributed by atoms with Crippen LogP contribution in [0.25, 0.3) is 0 Å². The number of nitrogens with zero attached hydrogens (tertiary/aromatic N) is 8. The SMILES string of the molecule is CC(C)(C)OC(=O)N1CCN([C@H]2c3ncc(Br)cc3CCc3cc(Cl)cc(Br)c32)CC1C(=O)O.CC(C)(C)OC(=O)N1CCN([C@H]2c3ncc(Br)cc3CCc3cc(Cl)cc(Br)c32)CC1C(=O)O.Clc1cc(Br)c2c(c1)CCc1cc(Br)cnc1[C@@H]2N1CCNCC1.[B]. The van der Waals surface area contributed by atoms with Crippen LogP contribution >= 0.6 is 130 Å². The molecule has 6 heterocycles. The fraction of sp³-hybridized carbons (Fsp3) is 0.439. The van der Waals surface area contributed by atoms with Crippen molar-refractivity contribution < 1.29 is 38.9 Å². The number of amides is 2. The third kappa shape index (κ3) is 17.4. The van der Waals surface area contributed by atoms with Crippen molar-refractivity contribution in [2.75, 3.05) is 65.4 Å². The van der Waals surface area contributed by atoms with Crippen molar-refractivity contribution >= 4 is 163 Å². The van der Waals surface area contributed by atoms with E-state index < -0.39 is 47.4 Å². The number of aliphatic carboxylic acids is 2. The van der Waals surface area contributed by atoms with Crippen LogP contribution in [0.2, 0.25) is 15.1 Å². The zero-order chi connectivity index (χ0) is 66.2. The quantitative estimate of drug-likeness (QED) is 0.138. The maximum Gasteiger partial charge on any atom is 0.411 e. The normalized spacial score (nSPS) is 20.7. The third-order valence-corrected chi connectivity index (χ3v) is 20.9. The van der Waals surface area contributed by atoms with Gasteiger partial charge < -0.3 is 25.0 Å². The maximum absolute atomic E-state index is 12.8. The van der Waals surface area contributed by atoms with Crippen molar-refractivity contribution in [3.63, 3.8) is 0 Å². The van der Waals surface area contributed by atoms with Gasteiger partial charge in [-0.2, -0.15) is 0 Å². The molecule has 3 radical (unpaired) electrons. The molecule has 12 rings (SSSR count). The van der Waals surface area contributed by atoms with E-state index >= 15 is 0 Å². The zero-order valence-corrected chi connectivity index (χ0v) is 63.8. The number of fused-ring (bicyclic) bond motifs is 6. The lowest BCUT2D eigenvalue weighted by molar-refractivity contribution is -0.146. The standard InChI is InChI=1S/2C24H26Br2ClN3O4.C18H18Br2ClN3.B/c2*1-24(2,3)34-23(33)30-7-6-29(12-18(30)22(31)32)21-19-13(9-16(27)10-17(19)26)4-5-14-8-15(25)11-28-20(14)21;19-13-7-12-2-1-11-8-14(21)9-15(20)16(11)18(17(12)23-10-13)24-5-3-22-4-6-24;/h2*8-11,18,21H,4-7,12H2,1-3H3,(H,31,32);7-10,18,22H,1-6H2;/t2*18?,21-;18-;/m111./s1. The summed E-state index contributed by atoms with van der Waals surface area (Å²) in [6.07, 6.45) is 9.37. The Bertz CT molecular complexity index is 3650. The molecule has 3 aliphatic heterocycles. The first-order valence-corrected chi connectivity index (χ1v) is 36.2. The molecule has 3 saturated heterocycles. The first-order chi connectivity index (χ1) is 43.5. The van der Waals surface area contributed by atoms with Crippen molar-refractivity contribution in [1.29, 1.82) is 0 Å². The number of carboxylic acid groups (broad SMARTS) is 2. The van der Waals surface area contributed by atoms with Gasteiger partial charge in [0.2, 0.25) is 0 Å². The van der Waals surface area contributed by atoms with Gasteiger partial charge in [-0.1, -0.05) is 82.6 Å². The monoisotopic (exact) mass is 1710 g/mol. The number of nitrogens with one attached hydrogen (secondary N) is 1. The summed E-state index contributed by atoms with van der Waals surface area (Å²) in [5.41, 5.74) is 12.0. The minimum absolute atomic E-state index is 0. The molecule has 6 aliphatic rings. The molecule has 0 spiro atoms. The average Bonchev–Trinajstić information content (AvgIpc) is 1.75. The van der Waals surface area contributed by atoms with Gasteiger partial charge in [0.05, 0.1) is 35.2 Å². The molecular formula is C66H70BBr6Cl3N9O8. The number of carbonyl (C=O) groups excluding carboxylic acids is 2. The number of aryl methyl sites for hydroxylation is 6. The molecule has 2 amide bonds. The van der Waals surface area contributed by atoms with Gasteiger partial charge in [0.1, 0.15) is 23.3 Å². The molecule has 3 aliphatic carbocycles. The highest BCUT2D eigenvalue weighted by molar-refractivity contribution is 9.11. The number of ether oxygens (including phenoxy) is 2. The number of carbonyl (C=O) groups is 4. The Kier molecular flexibility index (Phi) is 24.5. The second kappa shape index (κ2) is 31.0. The second-order valence-electron chi connectivity index (χ2n) is 25.5. The largest absolute Gasteiger partial charge is 0.480 e. The third-order valence-electron chi connectivity index (χ3n) is 16.9. The Hall–Kier alpha value is -3.76. The summed E-state index contributed by atoms with van der Waals surface area (Å²) >= 11 is 40.9. The summed E-state index contributed by atoms with van der Waals surface area (Å²) in [6, 6.07) is 15.7. The number of halogens is 9. The van der Waals surface area contributed by atoms with Crippen molar-refractivity contribution in [2.45, 2.75) is 121 Å². The predicted molar refractivity (Wildman–Crippen MR) is 383 cm³/mol. The molecule has 27 heteroatoms. The van der Waals surface area contributed by atoms with E-state index in [1.54, 1.807) is 53.9 Å². The van der Waals surface area contributed by atoms with E-state index in [2.05, 4.69) is 140 Å². The Morgan fingerprint density at radius 1 is 0.462 bits per heavy atom. The number of benzene rings is 3.